The molecule has 1 atom stereocenters. The van der Waals surface area contributed by atoms with Crippen LogP contribution >= 0.6 is 0 Å². The van der Waals surface area contributed by atoms with E-state index in [1.165, 1.54) is 0 Å². The molecule has 0 aliphatic carbocycles. The Labute approximate surface area is 149 Å². The number of ether oxygens (including phenoxy) is 2. The number of methoxy groups -OCH3 is 1. The zero-order valence-electron chi connectivity index (χ0n) is 14.3. The number of anilines is 1. The minimum atomic E-state index is -0.447. The summed E-state index contributed by atoms with van der Waals surface area (Å²) in [5, 5.41) is 0.906. The van der Waals surface area contributed by atoms with Crippen LogP contribution in [0.5, 0.6) is 0 Å². The molecule has 0 unspecified atom stereocenters. The largest absolute Gasteiger partial charge is 0.491 e. The van der Waals surface area contributed by atoms with E-state index in [4.69, 9.17) is 20.2 Å². The number of hydrogen-bond acceptors (Lipinski definition) is 5. The molecular weight excluding hydrogens is 330 g/mol. The first-order valence-corrected chi connectivity index (χ1v) is 8.38. The minimum Gasteiger partial charge on any atom is -0.491 e. The van der Waals surface area contributed by atoms with Gasteiger partial charge in [0.25, 0.3) is 5.56 Å². The number of nitrogens with zero attached hydrogens (tertiary/aromatic N) is 2. The van der Waals surface area contributed by atoms with Gasteiger partial charge in [0.05, 0.1) is 29.0 Å². The molecule has 0 radical (unpaired) electrons. The first-order valence-electron chi connectivity index (χ1n) is 8.38. The van der Waals surface area contributed by atoms with E-state index < -0.39 is 6.10 Å². The van der Waals surface area contributed by atoms with Gasteiger partial charge in [0.15, 0.2) is 0 Å². The number of hydrogen-bond donors (Lipinski definition) is 1. The molecule has 130 valence electrons. The first-order chi connectivity index (χ1) is 12.6. The van der Waals surface area contributed by atoms with E-state index in [0.717, 1.165) is 33.4 Å². The van der Waals surface area contributed by atoms with E-state index in [-0.39, 0.29) is 12.2 Å². The van der Waals surface area contributed by atoms with Crippen molar-refractivity contribution in [3.63, 3.8) is 0 Å². The van der Waals surface area contributed by atoms with E-state index in [1.807, 2.05) is 30.3 Å². The molecule has 0 bridgehead atoms. The number of nitrogens with two attached hydrogens (primary N) is 1. The van der Waals surface area contributed by atoms with Crippen molar-refractivity contribution in [2.75, 3.05) is 12.8 Å². The number of pyridine rings is 2. The highest BCUT2D eigenvalue weighted by atomic mass is 16.5. The highest BCUT2D eigenvalue weighted by molar-refractivity contribution is 5.93. The number of rotatable bonds is 1. The van der Waals surface area contributed by atoms with Crippen LogP contribution < -0.4 is 11.3 Å². The fourth-order valence-corrected chi connectivity index (χ4v) is 3.89. The van der Waals surface area contributed by atoms with Crippen LogP contribution in [0.15, 0.2) is 47.5 Å². The molecular formula is C20H17N3O3. The molecule has 6 nitrogen and oxygen atoms in total. The smallest absolute Gasteiger partial charge is 0.258 e. The molecule has 26 heavy (non-hydrogen) atoms. The van der Waals surface area contributed by atoms with Gasteiger partial charge in [0, 0.05) is 29.3 Å². The van der Waals surface area contributed by atoms with Gasteiger partial charge < -0.3 is 19.8 Å². The third kappa shape index (κ3) is 1.90. The van der Waals surface area contributed by atoms with Crippen molar-refractivity contribution in [1.82, 2.24) is 9.55 Å². The lowest BCUT2D eigenvalue weighted by Gasteiger charge is -2.27. The van der Waals surface area contributed by atoms with Crippen molar-refractivity contribution in [3.8, 4) is 11.4 Å². The van der Waals surface area contributed by atoms with Gasteiger partial charge >= 0.3 is 0 Å². The summed E-state index contributed by atoms with van der Waals surface area (Å²) in [6.45, 7) is 4.59. The second-order valence-corrected chi connectivity index (χ2v) is 6.64. The second kappa shape index (κ2) is 5.19. The molecule has 2 aliphatic heterocycles. The van der Waals surface area contributed by atoms with Crippen molar-refractivity contribution < 1.29 is 9.47 Å². The van der Waals surface area contributed by atoms with E-state index in [9.17, 15) is 4.79 Å². The highest BCUT2D eigenvalue weighted by Gasteiger charge is 2.32. The van der Waals surface area contributed by atoms with Crippen LogP contribution in [0.3, 0.4) is 0 Å². The molecule has 0 saturated heterocycles. The van der Waals surface area contributed by atoms with Gasteiger partial charge in [-0.05, 0) is 24.3 Å². The zero-order chi connectivity index (χ0) is 18.0. The Morgan fingerprint density at radius 3 is 3.04 bits per heavy atom. The molecule has 1 aromatic carbocycles. The maximum atomic E-state index is 13.0. The quantitative estimate of drug-likeness (QED) is 0.536. The van der Waals surface area contributed by atoms with Gasteiger partial charge in [-0.1, -0.05) is 12.6 Å². The zero-order valence-corrected chi connectivity index (χ0v) is 14.3. The average molecular weight is 347 g/mol. The summed E-state index contributed by atoms with van der Waals surface area (Å²) in [5.41, 5.74) is 11.5. The molecule has 0 spiro atoms. The predicted octanol–water partition coefficient (Wildman–Crippen LogP) is 2.74. The van der Waals surface area contributed by atoms with Crippen molar-refractivity contribution >= 4 is 16.6 Å². The summed E-state index contributed by atoms with van der Waals surface area (Å²) in [7, 11) is 1.58. The summed E-state index contributed by atoms with van der Waals surface area (Å²) < 4.78 is 12.8. The highest BCUT2D eigenvalue weighted by Crippen LogP contribution is 2.38. The van der Waals surface area contributed by atoms with Gasteiger partial charge in [0.2, 0.25) is 0 Å². The van der Waals surface area contributed by atoms with Crippen LogP contribution in [-0.4, -0.2) is 16.7 Å². The van der Waals surface area contributed by atoms with Crippen LogP contribution in [0.25, 0.3) is 22.3 Å². The predicted molar refractivity (Wildman–Crippen MR) is 98.6 cm³/mol. The third-order valence-corrected chi connectivity index (χ3v) is 5.19. The van der Waals surface area contributed by atoms with Gasteiger partial charge in [-0.25, -0.2) is 4.98 Å². The number of nitrogen functional groups attached to an aromatic ring is 1. The Morgan fingerprint density at radius 2 is 2.23 bits per heavy atom. The van der Waals surface area contributed by atoms with Crippen molar-refractivity contribution in [2.24, 2.45) is 0 Å². The van der Waals surface area contributed by atoms with Crippen molar-refractivity contribution in [2.45, 2.75) is 19.3 Å². The van der Waals surface area contributed by atoms with Crippen LogP contribution in [0.1, 0.15) is 22.8 Å². The summed E-state index contributed by atoms with van der Waals surface area (Å²) in [6.07, 6.45) is -0.447. The normalized spacial score (nSPS) is 17.6. The van der Waals surface area contributed by atoms with Gasteiger partial charge in [-0.15, -0.1) is 0 Å². The van der Waals surface area contributed by atoms with Gasteiger partial charge in [-0.2, -0.15) is 0 Å². The van der Waals surface area contributed by atoms with E-state index >= 15 is 0 Å². The Balaban J connectivity index is 1.79. The fraction of sp³-hybridized carbons (Fsp3) is 0.200. The Hall–Kier alpha value is -3.12. The lowest BCUT2D eigenvalue weighted by molar-refractivity contribution is 0.0414. The first kappa shape index (κ1) is 15.2. The summed E-state index contributed by atoms with van der Waals surface area (Å²) in [4.78, 5) is 17.8. The van der Waals surface area contributed by atoms with Crippen LogP contribution in [0.2, 0.25) is 0 Å². The van der Waals surface area contributed by atoms with Crippen LogP contribution in [0.4, 0.5) is 5.69 Å². The Morgan fingerprint density at radius 1 is 1.38 bits per heavy atom. The summed E-state index contributed by atoms with van der Waals surface area (Å²) in [5.74, 6) is 0.516. The van der Waals surface area contributed by atoms with Crippen LogP contribution in [0, 0.1) is 0 Å². The number of benzene rings is 1. The van der Waals surface area contributed by atoms with Crippen LogP contribution in [-0.2, 0) is 22.6 Å². The molecule has 6 heteroatoms. The van der Waals surface area contributed by atoms with Gasteiger partial charge in [0.1, 0.15) is 18.5 Å². The topological polar surface area (TPSA) is 79.4 Å². The van der Waals surface area contributed by atoms with Gasteiger partial charge in [-0.3, -0.25) is 4.79 Å². The van der Waals surface area contributed by atoms with Crippen molar-refractivity contribution in [1.29, 1.82) is 0 Å². The molecule has 2 aliphatic rings. The molecule has 3 aromatic rings. The molecule has 0 fully saturated rings. The molecule has 4 heterocycles. The number of aromatic nitrogens is 2. The summed E-state index contributed by atoms with van der Waals surface area (Å²) in [6, 6.07) is 9.68. The maximum absolute atomic E-state index is 13.0. The molecule has 2 N–H and O–H groups in total. The van der Waals surface area contributed by atoms with E-state index in [1.54, 1.807) is 11.7 Å². The molecule has 0 amide bonds. The standard InChI is InChI=1S/C20H17N3O3/c1-10-19(25-2)12-7-17-18-11(8-23(17)20(24)14(12)9-26-10)6-13-15(21)4-3-5-16(13)22-18/h3-7,19H,1,8-9,21H2,2H3/t19-/m1/s1. The van der Waals surface area contributed by atoms with E-state index in [2.05, 4.69) is 6.58 Å². The average Bonchev–Trinajstić information content (AvgIpc) is 2.99. The fourth-order valence-electron chi connectivity index (χ4n) is 3.89. The monoisotopic (exact) mass is 347 g/mol. The second-order valence-electron chi connectivity index (χ2n) is 6.64. The SMILES string of the molecule is C=C1OCc2c(cc3n(c2=O)Cc2cc4c(N)cccc4nc2-3)[C@@H]1OC. The molecule has 2 aromatic heterocycles. The number of fused-ring (bicyclic) bond motifs is 5. The Kier molecular flexibility index (Phi) is 3.02. The van der Waals surface area contributed by atoms with Crippen molar-refractivity contribution in [3.05, 3.63) is 69.7 Å². The minimum absolute atomic E-state index is 0.0675. The maximum Gasteiger partial charge on any atom is 0.258 e. The lowest BCUT2D eigenvalue weighted by Crippen LogP contribution is -2.29. The third-order valence-electron chi connectivity index (χ3n) is 5.19. The Bertz CT molecular complexity index is 1160. The summed E-state index contributed by atoms with van der Waals surface area (Å²) >= 11 is 0. The molecule has 5 rings (SSSR count). The van der Waals surface area contributed by atoms with E-state index in [0.29, 0.717) is 23.6 Å². The molecule has 0 saturated carbocycles. The lowest BCUT2D eigenvalue weighted by atomic mass is 9.99.